The highest BCUT2D eigenvalue weighted by Gasteiger charge is 2.29. The third-order valence-corrected chi connectivity index (χ3v) is 5.22. The highest BCUT2D eigenvalue weighted by Crippen LogP contribution is 2.12. The molecule has 0 aromatic rings. The maximum Gasteiger partial charge on any atom is 0.279 e. The van der Waals surface area contributed by atoms with Crippen LogP contribution in [0, 0.1) is 0 Å². The molecule has 1 fully saturated rings. The predicted molar refractivity (Wildman–Crippen MR) is 78.1 cm³/mol. The van der Waals surface area contributed by atoms with Crippen molar-refractivity contribution < 1.29 is 8.42 Å². The van der Waals surface area contributed by atoms with Gasteiger partial charge in [0.1, 0.15) is 0 Å². The van der Waals surface area contributed by atoms with Crippen molar-refractivity contribution in [2.75, 3.05) is 32.7 Å². The summed E-state index contributed by atoms with van der Waals surface area (Å²) >= 11 is 0. The molecule has 114 valence electrons. The summed E-state index contributed by atoms with van der Waals surface area (Å²) in [6, 6.07) is 0.313. The fourth-order valence-corrected chi connectivity index (χ4v) is 3.85. The summed E-state index contributed by atoms with van der Waals surface area (Å²) in [5.74, 6) is 0. The summed E-state index contributed by atoms with van der Waals surface area (Å²) in [5.41, 5.74) is 5.79. The number of hydrogen-bond acceptors (Lipinski definition) is 4. The van der Waals surface area contributed by atoms with E-state index in [1.807, 2.05) is 13.8 Å². The van der Waals surface area contributed by atoms with Crippen molar-refractivity contribution in [3.05, 3.63) is 0 Å². The van der Waals surface area contributed by atoms with E-state index in [0.29, 0.717) is 25.7 Å². The van der Waals surface area contributed by atoms with Gasteiger partial charge in [0, 0.05) is 44.8 Å². The minimum Gasteiger partial charge on any atom is -0.329 e. The second-order valence-electron chi connectivity index (χ2n) is 5.39. The van der Waals surface area contributed by atoms with Crippen LogP contribution in [-0.4, -0.2) is 62.4 Å². The van der Waals surface area contributed by atoms with E-state index < -0.39 is 10.2 Å². The lowest BCUT2D eigenvalue weighted by atomic mass is 10.1. The molecule has 6 nitrogen and oxygen atoms in total. The van der Waals surface area contributed by atoms with Gasteiger partial charge in [-0.3, -0.25) is 4.90 Å². The Morgan fingerprint density at radius 3 is 2.21 bits per heavy atom. The molecule has 0 spiro atoms. The Labute approximate surface area is 117 Å². The molecule has 1 unspecified atom stereocenters. The van der Waals surface area contributed by atoms with E-state index >= 15 is 0 Å². The lowest BCUT2D eigenvalue weighted by molar-refractivity contribution is 0.133. The molecule has 7 heteroatoms. The van der Waals surface area contributed by atoms with Gasteiger partial charge in [-0.25, -0.2) is 0 Å². The van der Waals surface area contributed by atoms with Crippen LogP contribution in [0.1, 0.15) is 33.6 Å². The van der Waals surface area contributed by atoms with Crippen LogP contribution in [-0.2, 0) is 10.2 Å². The van der Waals surface area contributed by atoms with Gasteiger partial charge in [-0.15, -0.1) is 0 Å². The maximum absolute atomic E-state index is 12.0. The smallest absolute Gasteiger partial charge is 0.279 e. The normalized spacial score (nSPS) is 20.9. The molecule has 0 aromatic heterocycles. The van der Waals surface area contributed by atoms with Crippen molar-refractivity contribution in [2.24, 2.45) is 5.73 Å². The zero-order valence-corrected chi connectivity index (χ0v) is 13.1. The van der Waals surface area contributed by atoms with Gasteiger partial charge in [0.15, 0.2) is 0 Å². The molecule has 0 amide bonds. The topological polar surface area (TPSA) is 78.7 Å². The first-order valence-electron chi connectivity index (χ1n) is 7.12. The van der Waals surface area contributed by atoms with E-state index in [4.69, 9.17) is 5.73 Å². The van der Waals surface area contributed by atoms with Gasteiger partial charge in [-0.05, 0) is 20.3 Å². The number of nitrogens with zero attached hydrogens (tertiary/aromatic N) is 2. The second-order valence-corrected chi connectivity index (χ2v) is 7.09. The van der Waals surface area contributed by atoms with E-state index in [1.54, 1.807) is 0 Å². The van der Waals surface area contributed by atoms with Crippen LogP contribution in [0.3, 0.4) is 0 Å². The Kier molecular flexibility index (Phi) is 6.68. The minimum absolute atomic E-state index is 0.0695. The third kappa shape index (κ3) is 5.00. The molecule has 3 N–H and O–H groups in total. The van der Waals surface area contributed by atoms with Crippen molar-refractivity contribution in [3.63, 3.8) is 0 Å². The Balaban J connectivity index is 2.52. The summed E-state index contributed by atoms with van der Waals surface area (Å²) in [6.45, 7) is 9.08. The molecule has 1 aliphatic rings. The fraction of sp³-hybridized carbons (Fsp3) is 1.00. The lowest BCUT2D eigenvalue weighted by Crippen LogP contribution is -2.56. The van der Waals surface area contributed by atoms with Gasteiger partial charge in [-0.1, -0.05) is 13.3 Å². The highest BCUT2D eigenvalue weighted by molar-refractivity contribution is 7.87. The molecule has 1 aliphatic heterocycles. The van der Waals surface area contributed by atoms with E-state index in [1.165, 1.54) is 4.31 Å². The number of rotatable bonds is 7. The molecule has 19 heavy (non-hydrogen) atoms. The van der Waals surface area contributed by atoms with Crippen LogP contribution in [0.4, 0.5) is 0 Å². The summed E-state index contributed by atoms with van der Waals surface area (Å²) in [4.78, 5) is 2.31. The van der Waals surface area contributed by atoms with Gasteiger partial charge in [0.2, 0.25) is 0 Å². The van der Waals surface area contributed by atoms with Gasteiger partial charge in [0.25, 0.3) is 10.2 Å². The Morgan fingerprint density at radius 2 is 1.79 bits per heavy atom. The average Bonchev–Trinajstić information content (AvgIpc) is 2.34. The first-order chi connectivity index (χ1) is 8.90. The Hall–Kier alpha value is -0.210. The molecular formula is C12H28N4O2S. The van der Waals surface area contributed by atoms with Crippen LogP contribution < -0.4 is 10.5 Å². The Bertz CT molecular complexity index is 351. The highest BCUT2D eigenvalue weighted by atomic mass is 32.2. The molecule has 1 atom stereocenters. The van der Waals surface area contributed by atoms with Crippen LogP contribution in [0.5, 0.6) is 0 Å². The molecule has 0 aromatic carbocycles. The van der Waals surface area contributed by atoms with Crippen molar-refractivity contribution in [2.45, 2.75) is 45.7 Å². The summed E-state index contributed by atoms with van der Waals surface area (Å²) in [7, 11) is -3.33. The number of nitrogens with two attached hydrogens (primary N) is 1. The summed E-state index contributed by atoms with van der Waals surface area (Å²) in [5, 5.41) is 0. The van der Waals surface area contributed by atoms with E-state index in [2.05, 4.69) is 16.5 Å². The van der Waals surface area contributed by atoms with E-state index in [0.717, 1.165) is 25.9 Å². The zero-order chi connectivity index (χ0) is 14.5. The lowest BCUT2D eigenvalue weighted by Gasteiger charge is -2.38. The maximum atomic E-state index is 12.0. The number of nitrogens with one attached hydrogen (secondary N) is 1. The van der Waals surface area contributed by atoms with E-state index in [-0.39, 0.29) is 6.04 Å². The predicted octanol–water partition coefficient (Wildman–Crippen LogP) is -0.0258. The van der Waals surface area contributed by atoms with Gasteiger partial charge >= 0.3 is 0 Å². The summed E-state index contributed by atoms with van der Waals surface area (Å²) in [6.07, 6.45) is 2.18. The molecule has 1 saturated heterocycles. The van der Waals surface area contributed by atoms with Gasteiger partial charge in [-0.2, -0.15) is 17.4 Å². The molecule has 0 radical (unpaired) electrons. The van der Waals surface area contributed by atoms with Crippen molar-refractivity contribution in [1.29, 1.82) is 0 Å². The number of piperazine rings is 1. The molecule has 1 rings (SSSR count). The third-order valence-electron chi connectivity index (χ3n) is 3.41. The second kappa shape index (κ2) is 7.54. The first kappa shape index (κ1) is 16.8. The van der Waals surface area contributed by atoms with Crippen LogP contribution >= 0.6 is 0 Å². The Morgan fingerprint density at radius 1 is 1.21 bits per heavy atom. The molecule has 1 heterocycles. The monoisotopic (exact) mass is 292 g/mol. The first-order valence-corrected chi connectivity index (χ1v) is 8.56. The molecular weight excluding hydrogens is 264 g/mol. The quantitative estimate of drug-likeness (QED) is 0.691. The van der Waals surface area contributed by atoms with Crippen molar-refractivity contribution >= 4 is 10.2 Å². The largest absolute Gasteiger partial charge is 0.329 e. The van der Waals surface area contributed by atoms with Crippen LogP contribution in [0.15, 0.2) is 0 Å². The SMILES string of the molecule is CCCC(CN)N1CCN(S(=O)(=O)NC(C)C)CC1. The zero-order valence-electron chi connectivity index (χ0n) is 12.3. The fourth-order valence-electron chi connectivity index (χ4n) is 2.46. The molecule has 0 bridgehead atoms. The molecule has 0 saturated carbocycles. The number of hydrogen-bond donors (Lipinski definition) is 2. The van der Waals surface area contributed by atoms with Crippen molar-refractivity contribution in [1.82, 2.24) is 13.9 Å². The summed E-state index contributed by atoms with van der Waals surface area (Å²) < 4.78 is 28.2. The van der Waals surface area contributed by atoms with Gasteiger partial charge < -0.3 is 5.73 Å². The minimum atomic E-state index is -3.33. The van der Waals surface area contributed by atoms with Crippen molar-refractivity contribution in [3.8, 4) is 0 Å². The average molecular weight is 292 g/mol. The van der Waals surface area contributed by atoms with E-state index in [9.17, 15) is 8.42 Å². The van der Waals surface area contributed by atoms with Gasteiger partial charge in [0.05, 0.1) is 0 Å². The standard InChI is InChI=1S/C12H28N4O2S/c1-4-5-12(10-13)15-6-8-16(9-7-15)19(17,18)14-11(2)3/h11-12,14H,4-10,13H2,1-3H3. The molecule has 0 aliphatic carbocycles. The van der Waals surface area contributed by atoms with Crippen LogP contribution in [0.2, 0.25) is 0 Å². The van der Waals surface area contributed by atoms with Crippen LogP contribution in [0.25, 0.3) is 0 Å².